The number of hydrogen-bond acceptors (Lipinski definition) is 3. The third-order valence-corrected chi connectivity index (χ3v) is 2.57. The Balaban J connectivity index is 2.12. The number of nitrogens with zero attached hydrogens (tertiary/aromatic N) is 2. The lowest BCUT2D eigenvalue weighted by Gasteiger charge is -2.03. The summed E-state index contributed by atoms with van der Waals surface area (Å²) in [4.78, 5) is 0. The lowest BCUT2D eigenvalue weighted by molar-refractivity contribution is 0.288. The van der Waals surface area contributed by atoms with E-state index in [9.17, 15) is 0 Å². The van der Waals surface area contributed by atoms with Gasteiger partial charge in [-0.2, -0.15) is 5.10 Å². The van der Waals surface area contributed by atoms with Crippen molar-refractivity contribution in [2.24, 2.45) is 0 Å². The SMILES string of the molecule is COc1ccc(-n2ccc(CCCO)n2)cc1. The minimum atomic E-state index is 0.204. The van der Waals surface area contributed by atoms with Crippen LogP contribution in [0.3, 0.4) is 0 Å². The first-order chi connectivity index (χ1) is 8.33. The van der Waals surface area contributed by atoms with Crippen molar-refractivity contribution < 1.29 is 9.84 Å². The second-order valence-electron chi connectivity index (χ2n) is 3.78. The highest BCUT2D eigenvalue weighted by Crippen LogP contribution is 2.14. The molecule has 0 bridgehead atoms. The fraction of sp³-hybridized carbons (Fsp3) is 0.308. The van der Waals surface area contributed by atoms with E-state index in [1.165, 1.54) is 0 Å². The maximum atomic E-state index is 8.76. The van der Waals surface area contributed by atoms with Crippen LogP contribution in [0.15, 0.2) is 36.5 Å². The van der Waals surface area contributed by atoms with E-state index in [0.29, 0.717) is 0 Å². The molecule has 0 aliphatic rings. The second-order valence-corrected chi connectivity index (χ2v) is 3.78. The number of aromatic nitrogens is 2. The molecule has 0 radical (unpaired) electrons. The van der Waals surface area contributed by atoms with Crippen LogP contribution in [0.1, 0.15) is 12.1 Å². The van der Waals surface area contributed by atoms with Crippen LogP contribution in [0.25, 0.3) is 5.69 Å². The largest absolute Gasteiger partial charge is 0.497 e. The zero-order chi connectivity index (χ0) is 12.1. The molecule has 0 spiro atoms. The number of hydrogen-bond donors (Lipinski definition) is 1. The highest BCUT2D eigenvalue weighted by molar-refractivity contribution is 5.36. The van der Waals surface area contributed by atoms with Gasteiger partial charge in [0.1, 0.15) is 5.75 Å². The van der Waals surface area contributed by atoms with Crippen molar-refractivity contribution in [3.63, 3.8) is 0 Å². The van der Waals surface area contributed by atoms with Gasteiger partial charge in [0.25, 0.3) is 0 Å². The van der Waals surface area contributed by atoms with Crippen LogP contribution >= 0.6 is 0 Å². The van der Waals surface area contributed by atoms with E-state index >= 15 is 0 Å². The van der Waals surface area contributed by atoms with E-state index in [1.807, 2.05) is 41.2 Å². The van der Waals surface area contributed by atoms with Crippen LogP contribution in [0.2, 0.25) is 0 Å². The Labute approximate surface area is 100 Å². The molecule has 0 saturated heterocycles. The van der Waals surface area contributed by atoms with Crippen molar-refractivity contribution in [2.45, 2.75) is 12.8 Å². The molecule has 2 rings (SSSR count). The Bertz CT molecular complexity index is 463. The van der Waals surface area contributed by atoms with Crippen LogP contribution < -0.4 is 4.74 Å². The quantitative estimate of drug-likeness (QED) is 0.855. The van der Waals surface area contributed by atoms with E-state index in [0.717, 1.165) is 30.0 Å². The Morgan fingerprint density at radius 3 is 2.65 bits per heavy atom. The summed E-state index contributed by atoms with van der Waals surface area (Å²) in [6, 6.07) is 9.71. The smallest absolute Gasteiger partial charge is 0.119 e. The van der Waals surface area contributed by atoms with Crippen LogP contribution in [-0.4, -0.2) is 28.6 Å². The molecule has 2 aromatic rings. The molecule has 0 fully saturated rings. The molecule has 0 aliphatic carbocycles. The summed E-state index contributed by atoms with van der Waals surface area (Å²) in [5.74, 6) is 0.835. The first-order valence-electron chi connectivity index (χ1n) is 5.63. The summed E-state index contributed by atoms with van der Waals surface area (Å²) in [6.07, 6.45) is 3.48. The molecule has 0 amide bonds. The summed E-state index contributed by atoms with van der Waals surface area (Å²) < 4.78 is 6.93. The molecule has 0 aliphatic heterocycles. The van der Waals surface area contributed by atoms with Crippen molar-refractivity contribution in [2.75, 3.05) is 13.7 Å². The van der Waals surface area contributed by atoms with Crippen molar-refractivity contribution >= 4 is 0 Å². The number of aliphatic hydroxyl groups is 1. The Hall–Kier alpha value is -1.81. The lowest BCUT2D eigenvalue weighted by Crippen LogP contribution is -1.97. The maximum absolute atomic E-state index is 8.76. The number of benzene rings is 1. The molecule has 0 atom stereocenters. The van der Waals surface area contributed by atoms with Crippen LogP contribution in [0, 0.1) is 0 Å². The first-order valence-corrected chi connectivity index (χ1v) is 5.63. The summed E-state index contributed by atoms with van der Waals surface area (Å²) in [6.45, 7) is 0.204. The molecule has 0 unspecified atom stereocenters. The zero-order valence-corrected chi connectivity index (χ0v) is 9.84. The topological polar surface area (TPSA) is 47.3 Å². The van der Waals surface area contributed by atoms with Crippen molar-refractivity contribution in [3.05, 3.63) is 42.2 Å². The number of ether oxygens (including phenoxy) is 1. The average Bonchev–Trinajstić information content (AvgIpc) is 2.85. The molecule has 1 aromatic heterocycles. The second kappa shape index (κ2) is 5.50. The molecular formula is C13H16N2O2. The molecule has 17 heavy (non-hydrogen) atoms. The Morgan fingerprint density at radius 2 is 2.00 bits per heavy atom. The fourth-order valence-electron chi connectivity index (χ4n) is 1.63. The van der Waals surface area contributed by atoms with Gasteiger partial charge in [-0.15, -0.1) is 0 Å². The lowest BCUT2D eigenvalue weighted by atomic mass is 10.2. The van der Waals surface area contributed by atoms with Crippen LogP contribution in [0.5, 0.6) is 5.75 Å². The number of methoxy groups -OCH3 is 1. The Kier molecular flexibility index (Phi) is 3.77. The molecule has 1 aromatic carbocycles. The predicted molar refractivity (Wildman–Crippen MR) is 65.5 cm³/mol. The van der Waals surface area contributed by atoms with Crippen molar-refractivity contribution in [1.82, 2.24) is 9.78 Å². The maximum Gasteiger partial charge on any atom is 0.119 e. The van der Waals surface area contributed by atoms with Gasteiger partial charge < -0.3 is 9.84 Å². The zero-order valence-electron chi connectivity index (χ0n) is 9.84. The summed E-state index contributed by atoms with van der Waals surface area (Å²) in [7, 11) is 1.65. The molecule has 1 N–H and O–H groups in total. The minimum Gasteiger partial charge on any atom is -0.497 e. The van der Waals surface area contributed by atoms with Gasteiger partial charge >= 0.3 is 0 Å². The van der Waals surface area contributed by atoms with Gasteiger partial charge in [-0.05, 0) is 43.2 Å². The van der Waals surface area contributed by atoms with Crippen LogP contribution in [-0.2, 0) is 6.42 Å². The van der Waals surface area contributed by atoms with E-state index < -0.39 is 0 Å². The third-order valence-electron chi connectivity index (χ3n) is 2.57. The van der Waals surface area contributed by atoms with Gasteiger partial charge in [0, 0.05) is 12.8 Å². The van der Waals surface area contributed by atoms with Gasteiger partial charge in [0.15, 0.2) is 0 Å². The minimum absolute atomic E-state index is 0.204. The third kappa shape index (κ3) is 2.85. The molecular weight excluding hydrogens is 216 g/mol. The van der Waals surface area contributed by atoms with Gasteiger partial charge in [-0.1, -0.05) is 0 Å². The highest BCUT2D eigenvalue weighted by Gasteiger charge is 2.01. The van der Waals surface area contributed by atoms with Gasteiger partial charge in [0.2, 0.25) is 0 Å². The number of rotatable bonds is 5. The van der Waals surface area contributed by atoms with Gasteiger partial charge in [0.05, 0.1) is 18.5 Å². The van der Waals surface area contributed by atoms with Crippen molar-refractivity contribution in [1.29, 1.82) is 0 Å². The standard InChI is InChI=1S/C13H16N2O2/c1-17-13-6-4-12(5-7-13)15-9-8-11(14-15)3-2-10-16/h4-9,16H,2-3,10H2,1H3. The summed E-state index contributed by atoms with van der Waals surface area (Å²) in [5, 5.41) is 13.2. The summed E-state index contributed by atoms with van der Waals surface area (Å²) >= 11 is 0. The van der Waals surface area contributed by atoms with Gasteiger partial charge in [-0.25, -0.2) is 4.68 Å². The fourth-order valence-corrected chi connectivity index (χ4v) is 1.63. The molecule has 1 heterocycles. The van der Waals surface area contributed by atoms with Crippen LogP contribution in [0.4, 0.5) is 0 Å². The molecule has 90 valence electrons. The Morgan fingerprint density at radius 1 is 1.24 bits per heavy atom. The van der Waals surface area contributed by atoms with E-state index in [2.05, 4.69) is 5.10 Å². The van der Waals surface area contributed by atoms with Gasteiger partial charge in [-0.3, -0.25) is 0 Å². The average molecular weight is 232 g/mol. The molecule has 4 heteroatoms. The normalized spacial score (nSPS) is 10.5. The van der Waals surface area contributed by atoms with E-state index in [1.54, 1.807) is 7.11 Å². The van der Waals surface area contributed by atoms with E-state index in [-0.39, 0.29) is 6.61 Å². The molecule has 4 nitrogen and oxygen atoms in total. The predicted octanol–water partition coefficient (Wildman–Crippen LogP) is 1.81. The van der Waals surface area contributed by atoms with E-state index in [4.69, 9.17) is 9.84 Å². The van der Waals surface area contributed by atoms with Crippen molar-refractivity contribution in [3.8, 4) is 11.4 Å². The summed E-state index contributed by atoms with van der Waals surface area (Å²) in [5.41, 5.74) is 2.00. The number of aliphatic hydroxyl groups excluding tert-OH is 1. The molecule has 0 saturated carbocycles. The first kappa shape index (κ1) is 11.7. The monoisotopic (exact) mass is 232 g/mol. The number of aryl methyl sites for hydroxylation is 1. The highest BCUT2D eigenvalue weighted by atomic mass is 16.5.